The van der Waals surface area contributed by atoms with Crippen LogP contribution in [0, 0.1) is 13.8 Å². The van der Waals surface area contributed by atoms with Crippen LogP contribution in [-0.2, 0) is 0 Å². The van der Waals surface area contributed by atoms with Crippen molar-refractivity contribution in [2.75, 3.05) is 5.73 Å². The second kappa shape index (κ2) is 4.73. The van der Waals surface area contributed by atoms with E-state index in [0.717, 1.165) is 5.69 Å². The average Bonchev–Trinajstić information content (AvgIpc) is 2.27. The maximum atomic E-state index is 5.98. The van der Waals surface area contributed by atoms with Crippen LogP contribution in [0.2, 0.25) is 0 Å². The molecule has 0 heterocycles. The monoisotopic (exact) mass is 277 g/mol. The van der Waals surface area contributed by atoms with Crippen LogP contribution in [0.3, 0.4) is 0 Å². The zero-order valence-electron chi connectivity index (χ0n) is 9.53. The van der Waals surface area contributed by atoms with Gasteiger partial charge in [-0.1, -0.05) is 0 Å². The first kappa shape index (κ1) is 11.3. The summed E-state index contributed by atoms with van der Waals surface area (Å²) < 4.78 is 2.65. The van der Waals surface area contributed by atoms with Gasteiger partial charge in [-0.15, -0.1) is 0 Å². The Bertz CT molecular complexity index is 489. The topological polar surface area (TPSA) is 26.0 Å². The predicted molar refractivity (Wildman–Crippen MR) is 71.8 cm³/mol. The molecule has 2 heteroatoms. The zero-order valence-corrected chi connectivity index (χ0v) is 11.2. The Morgan fingerprint density at radius 2 is 1.50 bits per heavy atom. The molecule has 16 heavy (non-hydrogen) atoms. The van der Waals surface area contributed by atoms with Gasteiger partial charge >= 0.3 is 103 Å². The molecule has 0 radical (unpaired) electrons. The maximum absolute atomic E-state index is 5.98. The first-order valence-electron chi connectivity index (χ1n) is 5.26. The van der Waals surface area contributed by atoms with Crippen molar-refractivity contribution in [3.05, 3.63) is 53.6 Å². The first-order valence-corrected chi connectivity index (χ1v) is 6.97. The van der Waals surface area contributed by atoms with E-state index in [1.807, 2.05) is 6.07 Å². The number of benzene rings is 2. The molecule has 0 saturated carbocycles. The minimum absolute atomic E-state index is 0.309. The van der Waals surface area contributed by atoms with Crippen LogP contribution in [0.1, 0.15) is 11.1 Å². The number of nitrogens with two attached hydrogens (primary N) is 1. The molecule has 82 valence electrons. The summed E-state index contributed by atoms with van der Waals surface area (Å²) >= 11 is 0.309. The van der Waals surface area contributed by atoms with Crippen LogP contribution < -0.4 is 14.7 Å². The molecule has 0 aliphatic heterocycles. The second-order valence-corrected chi connectivity index (χ2v) is 6.30. The normalized spacial score (nSPS) is 10.4. The van der Waals surface area contributed by atoms with Gasteiger partial charge in [0.05, 0.1) is 0 Å². The fraction of sp³-hybridized carbons (Fsp3) is 0.143. The van der Waals surface area contributed by atoms with E-state index in [1.165, 1.54) is 20.1 Å². The van der Waals surface area contributed by atoms with E-state index in [1.54, 1.807) is 0 Å². The molecular formula is C14H15NSe. The van der Waals surface area contributed by atoms with E-state index in [4.69, 9.17) is 5.73 Å². The summed E-state index contributed by atoms with van der Waals surface area (Å²) in [5.74, 6) is 0. The number of hydrogen-bond donors (Lipinski definition) is 1. The van der Waals surface area contributed by atoms with Crippen molar-refractivity contribution in [2.24, 2.45) is 0 Å². The van der Waals surface area contributed by atoms with Gasteiger partial charge in [0.2, 0.25) is 0 Å². The molecule has 0 atom stereocenters. The Balaban J connectivity index is 2.26. The molecule has 0 aromatic heterocycles. The molecule has 0 amide bonds. The van der Waals surface area contributed by atoms with Crippen molar-refractivity contribution in [3.63, 3.8) is 0 Å². The summed E-state index contributed by atoms with van der Waals surface area (Å²) in [5, 5.41) is 0. The number of hydrogen-bond acceptors (Lipinski definition) is 1. The van der Waals surface area contributed by atoms with E-state index in [-0.39, 0.29) is 0 Å². The van der Waals surface area contributed by atoms with Gasteiger partial charge in [0.1, 0.15) is 0 Å². The second-order valence-electron chi connectivity index (χ2n) is 3.96. The quantitative estimate of drug-likeness (QED) is 0.653. The van der Waals surface area contributed by atoms with Gasteiger partial charge < -0.3 is 0 Å². The Hall–Kier alpha value is -1.24. The fourth-order valence-corrected chi connectivity index (χ4v) is 3.47. The van der Waals surface area contributed by atoms with Gasteiger partial charge in [-0.2, -0.15) is 0 Å². The van der Waals surface area contributed by atoms with E-state index < -0.39 is 0 Å². The minimum atomic E-state index is 0.309. The van der Waals surface area contributed by atoms with E-state index in [0.29, 0.717) is 15.0 Å². The SMILES string of the molecule is Cc1ccc([Se]c2cc(C)ccc2N)cc1. The van der Waals surface area contributed by atoms with Crippen LogP contribution >= 0.6 is 0 Å². The molecule has 0 aliphatic rings. The van der Waals surface area contributed by atoms with Gasteiger partial charge in [0, 0.05) is 0 Å². The molecular weight excluding hydrogens is 261 g/mol. The fourth-order valence-electron chi connectivity index (χ4n) is 1.46. The average molecular weight is 276 g/mol. The molecule has 2 aromatic rings. The van der Waals surface area contributed by atoms with Crippen molar-refractivity contribution in [3.8, 4) is 0 Å². The van der Waals surface area contributed by atoms with E-state index in [2.05, 4.69) is 50.2 Å². The van der Waals surface area contributed by atoms with Crippen LogP contribution in [0.15, 0.2) is 42.5 Å². The third-order valence-corrected chi connectivity index (χ3v) is 4.69. The Labute approximate surface area is 103 Å². The molecule has 2 rings (SSSR count). The van der Waals surface area contributed by atoms with E-state index in [9.17, 15) is 0 Å². The van der Waals surface area contributed by atoms with Crippen molar-refractivity contribution < 1.29 is 0 Å². The van der Waals surface area contributed by atoms with Gasteiger partial charge in [-0.25, -0.2) is 0 Å². The van der Waals surface area contributed by atoms with E-state index >= 15 is 0 Å². The standard InChI is InChI=1S/C14H15NSe/c1-10-3-6-12(7-4-10)16-14-9-11(2)5-8-13(14)15/h3-9H,15H2,1-2H3. The zero-order chi connectivity index (χ0) is 11.5. The predicted octanol–water partition coefficient (Wildman–Crippen LogP) is 1.54. The Morgan fingerprint density at radius 3 is 2.19 bits per heavy atom. The number of anilines is 1. The molecule has 0 bridgehead atoms. The third kappa shape index (κ3) is 2.66. The summed E-state index contributed by atoms with van der Waals surface area (Å²) in [5.41, 5.74) is 9.47. The molecule has 2 N–H and O–H groups in total. The van der Waals surface area contributed by atoms with Gasteiger partial charge in [0.15, 0.2) is 0 Å². The summed E-state index contributed by atoms with van der Waals surface area (Å²) in [6.45, 7) is 4.21. The van der Waals surface area contributed by atoms with Gasteiger partial charge in [-0.05, 0) is 0 Å². The molecule has 0 aliphatic carbocycles. The number of rotatable bonds is 2. The van der Waals surface area contributed by atoms with Crippen LogP contribution in [0.4, 0.5) is 5.69 Å². The van der Waals surface area contributed by atoms with Crippen molar-refractivity contribution in [2.45, 2.75) is 13.8 Å². The summed E-state index contributed by atoms with van der Waals surface area (Å²) in [7, 11) is 0. The van der Waals surface area contributed by atoms with Crippen LogP contribution in [0.5, 0.6) is 0 Å². The molecule has 0 saturated heterocycles. The molecule has 0 fully saturated rings. The van der Waals surface area contributed by atoms with Crippen molar-refractivity contribution in [1.82, 2.24) is 0 Å². The van der Waals surface area contributed by atoms with Crippen molar-refractivity contribution in [1.29, 1.82) is 0 Å². The van der Waals surface area contributed by atoms with Crippen LogP contribution in [0.25, 0.3) is 0 Å². The first-order chi connectivity index (χ1) is 7.65. The van der Waals surface area contributed by atoms with Gasteiger partial charge in [-0.3, -0.25) is 0 Å². The molecule has 2 aromatic carbocycles. The summed E-state index contributed by atoms with van der Waals surface area (Å²) in [6.07, 6.45) is 0. The van der Waals surface area contributed by atoms with Gasteiger partial charge in [0.25, 0.3) is 0 Å². The molecule has 0 spiro atoms. The number of aryl methyl sites for hydroxylation is 2. The van der Waals surface area contributed by atoms with Crippen LogP contribution in [-0.4, -0.2) is 15.0 Å². The van der Waals surface area contributed by atoms with Crippen molar-refractivity contribution >= 4 is 29.6 Å². The molecule has 0 unspecified atom stereocenters. The number of nitrogen functional groups attached to an aromatic ring is 1. The summed E-state index contributed by atoms with van der Waals surface area (Å²) in [4.78, 5) is 0. The third-order valence-electron chi connectivity index (χ3n) is 2.42. The Morgan fingerprint density at radius 1 is 0.875 bits per heavy atom. The summed E-state index contributed by atoms with van der Waals surface area (Å²) in [6, 6.07) is 14.9. The Kier molecular flexibility index (Phi) is 3.33. The molecule has 1 nitrogen and oxygen atoms in total.